The Kier molecular flexibility index (Phi) is 5.73. The lowest BCUT2D eigenvalue weighted by molar-refractivity contribution is 0.313. The first-order valence-corrected chi connectivity index (χ1v) is 10.8. The quantitative estimate of drug-likeness (QED) is 0.339. The van der Waals surface area contributed by atoms with Gasteiger partial charge >= 0.3 is 0 Å². The van der Waals surface area contributed by atoms with Crippen LogP contribution < -0.4 is 10.2 Å². The predicted octanol–water partition coefficient (Wildman–Crippen LogP) is 5.13. The van der Waals surface area contributed by atoms with E-state index in [2.05, 4.69) is 33.2 Å². The highest BCUT2D eigenvalue weighted by atomic mass is 32.2. The van der Waals surface area contributed by atoms with Crippen LogP contribution in [0.2, 0.25) is 0 Å². The fourth-order valence-electron chi connectivity index (χ4n) is 2.75. The maximum atomic E-state index is 12.2. The van der Waals surface area contributed by atoms with Crippen LogP contribution in [-0.2, 0) is 5.75 Å². The molecule has 1 aromatic carbocycles. The van der Waals surface area contributed by atoms with Crippen molar-refractivity contribution in [2.75, 3.05) is 6.61 Å². The van der Waals surface area contributed by atoms with E-state index in [0.29, 0.717) is 18.1 Å². The Balaban J connectivity index is 1.54. The molecule has 7 heteroatoms. The molecule has 0 unspecified atom stereocenters. The molecule has 0 aliphatic heterocycles. The van der Waals surface area contributed by atoms with Crippen molar-refractivity contribution >= 4 is 33.3 Å². The number of hydrogen-bond donors (Lipinski definition) is 1. The molecule has 0 radical (unpaired) electrons. The number of pyridine rings is 1. The van der Waals surface area contributed by atoms with Gasteiger partial charge in [-0.05, 0) is 18.1 Å². The third-order valence-corrected chi connectivity index (χ3v) is 6.26. The first-order valence-electron chi connectivity index (χ1n) is 9.01. The minimum atomic E-state index is -0.0995. The number of rotatable bonds is 7. The maximum Gasteiger partial charge on any atom is 0.223 e. The number of thiophene rings is 1. The summed E-state index contributed by atoms with van der Waals surface area (Å²) in [4.78, 5) is 26.3. The minimum absolute atomic E-state index is 0.0995. The zero-order chi connectivity index (χ0) is 19.3. The summed E-state index contributed by atoms with van der Waals surface area (Å²) < 4.78 is 5.44. The molecule has 0 amide bonds. The number of thioether (sulfide) groups is 1. The second-order valence-corrected chi connectivity index (χ2v) is 8.19. The molecule has 0 spiro atoms. The zero-order valence-corrected chi connectivity index (χ0v) is 17.0. The molecule has 5 nitrogen and oxygen atoms in total. The zero-order valence-electron chi connectivity index (χ0n) is 15.3. The van der Waals surface area contributed by atoms with Gasteiger partial charge in [-0.2, -0.15) is 0 Å². The van der Waals surface area contributed by atoms with Crippen molar-refractivity contribution in [1.29, 1.82) is 0 Å². The summed E-state index contributed by atoms with van der Waals surface area (Å²) in [7, 11) is 0. The number of hydrogen-bond acceptors (Lipinski definition) is 6. The second-order valence-electron chi connectivity index (χ2n) is 6.20. The van der Waals surface area contributed by atoms with E-state index in [4.69, 9.17) is 4.74 Å². The van der Waals surface area contributed by atoms with Gasteiger partial charge in [-0.1, -0.05) is 49.0 Å². The first kappa shape index (κ1) is 18.7. The van der Waals surface area contributed by atoms with Crippen LogP contribution in [0.4, 0.5) is 0 Å². The van der Waals surface area contributed by atoms with Crippen molar-refractivity contribution in [3.05, 3.63) is 70.9 Å². The van der Waals surface area contributed by atoms with Crippen molar-refractivity contribution in [3.63, 3.8) is 0 Å². The summed E-state index contributed by atoms with van der Waals surface area (Å²) in [6.45, 7) is 2.55. The summed E-state index contributed by atoms with van der Waals surface area (Å²) in [5, 5.41) is 1.96. The number of aromatic nitrogens is 3. The molecule has 4 aromatic rings. The summed E-state index contributed by atoms with van der Waals surface area (Å²) >= 11 is 3.25. The summed E-state index contributed by atoms with van der Waals surface area (Å²) in [5.41, 5.74) is 1.91. The normalized spacial score (nSPS) is 11.0. The summed E-state index contributed by atoms with van der Waals surface area (Å²) in [6.07, 6.45) is 4.11. The maximum absolute atomic E-state index is 12.2. The Bertz CT molecular complexity index is 1140. The molecule has 3 aromatic heterocycles. The van der Waals surface area contributed by atoms with Crippen LogP contribution in [0.15, 0.2) is 64.8 Å². The largest absolute Gasteiger partial charge is 0.488 e. The lowest BCUT2D eigenvalue weighted by Crippen LogP contribution is -2.09. The number of fused-ring (bicyclic) bond motifs is 1. The molecule has 0 saturated heterocycles. The summed E-state index contributed by atoms with van der Waals surface area (Å²) in [5.74, 6) is 0.983. The van der Waals surface area contributed by atoms with Crippen LogP contribution in [0.3, 0.4) is 0 Å². The number of nitrogens with zero attached hydrogens (tertiary/aromatic N) is 2. The van der Waals surface area contributed by atoms with Crippen molar-refractivity contribution in [1.82, 2.24) is 15.0 Å². The topological polar surface area (TPSA) is 67.9 Å². The molecule has 1 N–H and O–H groups in total. The Morgan fingerprint density at radius 1 is 1.18 bits per heavy atom. The highest BCUT2D eigenvalue weighted by Gasteiger charge is 2.11. The third kappa shape index (κ3) is 4.10. The molecule has 4 rings (SSSR count). The molecule has 0 atom stereocenters. The highest BCUT2D eigenvalue weighted by Crippen LogP contribution is 2.36. The van der Waals surface area contributed by atoms with E-state index < -0.39 is 0 Å². The van der Waals surface area contributed by atoms with Gasteiger partial charge in [0.15, 0.2) is 5.75 Å². The average molecular weight is 410 g/mol. The highest BCUT2D eigenvalue weighted by molar-refractivity contribution is 7.98. The number of ether oxygens (including phenoxy) is 1. The van der Waals surface area contributed by atoms with Crippen LogP contribution in [-0.4, -0.2) is 21.6 Å². The van der Waals surface area contributed by atoms with Crippen molar-refractivity contribution in [3.8, 4) is 16.2 Å². The molecule has 0 aliphatic rings. The molecule has 28 heavy (non-hydrogen) atoms. The average Bonchev–Trinajstić information content (AvgIpc) is 3.17. The van der Waals surface area contributed by atoms with E-state index in [1.807, 2.05) is 25.1 Å². The van der Waals surface area contributed by atoms with Crippen molar-refractivity contribution in [2.24, 2.45) is 0 Å². The number of aromatic amines is 1. The molecule has 0 saturated carbocycles. The van der Waals surface area contributed by atoms with Gasteiger partial charge in [0.05, 0.1) is 6.61 Å². The molecular formula is C21H19N3O2S2. The van der Waals surface area contributed by atoms with Gasteiger partial charge in [0.2, 0.25) is 5.43 Å². The molecule has 0 bridgehead atoms. The van der Waals surface area contributed by atoms with Crippen LogP contribution >= 0.6 is 23.1 Å². The second kappa shape index (κ2) is 8.58. The van der Waals surface area contributed by atoms with E-state index in [0.717, 1.165) is 27.4 Å². The predicted molar refractivity (Wildman–Crippen MR) is 115 cm³/mol. The Morgan fingerprint density at radius 3 is 2.82 bits per heavy atom. The van der Waals surface area contributed by atoms with Crippen LogP contribution in [0.5, 0.6) is 5.75 Å². The van der Waals surface area contributed by atoms with E-state index in [-0.39, 0.29) is 5.43 Å². The monoisotopic (exact) mass is 409 g/mol. The van der Waals surface area contributed by atoms with Gasteiger partial charge in [0, 0.05) is 34.0 Å². The van der Waals surface area contributed by atoms with Gasteiger partial charge in [-0.3, -0.25) is 4.79 Å². The van der Waals surface area contributed by atoms with Crippen LogP contribution in [0.25, 0.3) is 20.7 Å². The van der Waals surface area contributed by atoms with Crippen molar-refractivity contribution in [2.45, 2.75) is 24.1 Å². The number of benzene rings is 1. The van der Waals surface area contributed by atoms with E-state index in [1.165, 1.54) is 10.4 Å². The fraction of sp³-hybridized carbons (Fsp3) is 0.190. The lowest BCUT2D eigenvalue weighted by Gasteiger charge is -2.06. The smallest absolute Gasteiger partial charge is 0.223 e. The fourth-order valence-corrected chi connectivity index (χ4v) is 4.71. The Morgan fingerprint density at radius 2 is 2.04 bits per heavy atom. The van der Waals surface area contributed by atoms with Gasteiger partial charge in [-0.15, -0.1) is 11.3 Å². The third-order valence-electron chi connectivity index (χ3n) is 4.11. The first-order chi connectivity index (χ1) is 13.7. The van der Waals surface area contributed by atoms with E-state index in [9.17, 15) is 4.79 Å². The van der Waals surface area contributed by atoms with Gasteiger partial charge in [-0.25, -0.2) is 9.97 Å². The molecule has 0 fully saturated rings. The van der Waals surface area contributed by atoms with Crippen LogP contribution in [0, 0.1) is 0 Å². The van der Waals surface area contributed by atoms with E-state index >= 15 is 0 Å². The molecule has 142 valence electrons. The molecule has 3 heterocycles. The molecule has 0 aliphatic carbocycles. The SMILES string of the molecule is CCCOc1c[nH]c(CSc2ncnc3sc(-c4ccccc4)cc23)cc1=O. The van der Waals surface area contributed by atoms with Crippen molar-refractivity contribution < 1.29 is 4.74 Å². The van der Waals surface area contributed by atoms with Gasteiger partial charge in [0.1, 0.15) is 16.2 Å². The Labute approximate surface area is 170 Å². The Hall–Kier alpha value is -2.64. The van der Waals surface area contributed by atoms with E-state index in [1.54, 1.807) is 41.7 Å². The lowest BCUT2D eigenvalue weighted by atomic mass is 10.2. The summed E-state index contributed by atoms with van der Waals surface area (Å²) in [6, 6.07) is 14.0. The number of nitrogens with one attached hydrogen (secondary N) is 1. The molecular weight excluding hydrogens is 390 g/mol. The van der Waals surface area contributed by atoms with Gasteiger partial charge in [0.25, 0.3) is 0 Å². The minimum Gasteiger partial charge on any atom is -0.488 e. The standard InChI is InChI=1S/C21H19N3O2S2/c1-2-8-26-18-11-22-15(9-17(18)25)12-27-20-16-10-19(14-6-4-3-5-7-14)28-21(16)24-13-23-20/h3-7,9-11,13H,2,8,12H2,1H3,(H,22,25). The van der Waals surface area contributed by atoms with Gasteiger partial charge < -0.3 is 9.72 Å². The number of H-pyrrole nitrogens is 1. The van der Waals surface area contributed by atoms with Crippen LogP contribution in [0.1, 0.15) is 19.0 Å².